The van der Waals surface area contributed by atoms with E-state index in [2.05, 4.69) is 5.32 Å². The molecule has 0 aliphatic rings. The molecule has 1 aromatic rings. The van der Waals surface area contributed by atoms with Gasteiger partial charge in [0, 0.05) is 12.1 Å². The lowest BCUT2D eigenvalue weighted by atomic mass is 10.1. The van der Waals surface area contributed by atoms with Crippen molar-refractivity contribution in [1.82, 2.24) is 5.32 Å². The summed E-state index contributed by atoms with van der Waals surface area (Å²) in [5, 5.41) is 12.2. The van der Waals surface area contributed by atoms with Gasteiger partial charge in [-0.25, -0.2) is 0 Å². The number of rotatable bonds is 6. The Balaban J connectivity index is 2.36. The summed E-state index contributed by atoms with van der Waals surface area (Å²) < 4.78 is 0. The van der Waals surface area contributed by atoms with Crippen LogP contribution in [-0.4, -0.2) is 22.5 Å². The minimum Gasteiger partial charge on any atom is -0.508 e. The van der Waals surface area contributed by atoms with Crippen LogP contribution < -0.4 is 11.1 Å². The van der Waals surface area contributed by atoms with Crippen molar-refractivity contribution in [3.05, 3.63) is 29.3 Å². The van der Waals surface area contributed by atoms with Gasteiger partial charge in [-0.3, -0.25) is 4.79 Å². The third-order valence-corrected chi connectivity index (χ3v) is 2.80. The van der Waals surface area contributed by atoms with Crippen LogP contribution in [0.15, 0.2) is 18.2 Å². The number of phenolic OH excluding ortho intramolecular Hbond substituents is 1. The average molecular weight is 266 g/mol. The molecule has 0 bridgehead atoms. The molecule has 0 unspecified atom stereocenters. The van der Waals surface area contributed by atoms with E-state index in [1.54, 1.807) is 19.1 Å². The standard InChI is InChI=1S/C13H18N2O2S/c1-9-8-10(5-6-11(9)16)13(17)15-7-3-2-4-12(14)18/h5-6,8,16H,2-4,7H2,1H3,(H2,14,18)(H,15,17). The highest BCUT2D eigenvalue weighted by Gasteiger charge is 2.06. The summed E-state index contributed by atoms with van der Waals surface area (Å²) in [4.78, 5) is 12.3. The molecule has 1 rings (SSSR count). The molecule has 0 spiro atoms. The van der Waals surface area contributed by atoms with Crippen LogP contribution in [0.25, 0.3) is 0 Å². The Morgan fingerprint density at radius 2 is 2.17 bits per heavy atom. The fourth-order valence-electron chi connectivity index (χ4n) is 1.52. The Bertz CT molecular complexity index is 447. The van der Waals surface area contributed by atoms with E-state index in [4.69, 9.17) is 18.0 Å². The maximum Gasteiger partial charge on any atom is 0.251 e. The first kappa shape index (κ1) is 14.4. The maximum absolute atomic E-state index is 11.8. The van der Waals surface area contributed by atoms with Crippen LogP contribution in [0.1, 0.15) is 35.2 Å². The number of carbonyl (C=O) groups is 1. The van der Waals surface area contributed by atoms with Gasteiger partial charge in [-0.1, -0.05) is 12.2 Å². The fraction of sp³-hybridized carbons (Fsp3) is 0.385. The van der Waals surface area contributed by atoms with E-state index >= 15 is 0 Å². The normalized spacial score (nSPS) is 10.1. The molecular formula is C13H18N2O2S. The Labute approximate surface area is 112 Å². The van der Waals surface area contributed by atoms with E-state index < -0.39 is 0 Å². The molecule has 1 aromatic carbocycles. The van der Waals surface area contributed by atoms with Gasteiger partial charge in [0.25, 0.3) is 5.91 Å². The van der Waals surface area contributed by atoms with Crippen molar-refractivity contribution in [2.45, 2.75) is 26.2 Å². The first-order valence-electron chi connectivity index (χ1n) is 5.87. The van der Waals surface area contributed by atoms with Gasteiger partial charge in [0.15, 0.2) is 0 Å². The van der Waals surface area contributed by atoms with Crippen LogP contribution in [0.4, 0.5) is 0 Å². The summed E-state index contributed by atoms with van der Waals surface area (Å²) in [5.41, 5.74) is 6.62. The zero-order chi connectivity index (χ0) is 13.5. The van der Waals surface area contributed by atoms with Crippen LogP contribution in [0.2, 0.25) is 0 Å². The fourth-order valence-corrected chi connectivity index (χ4v) is 1.67. The first-order valence-corrected chi connectivity index (χ1v) is 6.27. The predicted molar refractivity (Wildman–Crippen MR) is 75.8 cm³/mol. The molecule has 4 N–H and O–H groups in total. The molecule has 5 heteroatoms. The quantitative estimate of drug-likeness (QED) is 0.543. The molecule has 0 fully saturated rings. The molecule has 1 amide bonds. The minimum absolute atomic E-state index is 0.131. The number of unbranched alkanes of at least 4 members (excludes halogenated alkanes) is 1. The van der Waals surface area contributed by atoms with Gasteiger partial charge >= 0.3 is 0 Å². The summed E-state index contributed by atoms with van der Waals surface area (Å²) in [7, 11) is 0. The van der Waals surface area contributed by atoms with Crippen molar-refractivity contribution >= 4 is 23.1 Å². The van der Waals surface area contributed by atoms with E-state index in [1.807, 2.05) is 0 Å². The Morgan fingerprint density at radius 1 is 1.44 bits per heavy atom. The molecule has 98 valence electrons. The van der Waals surface area contributed by atoms with Crippen LogP contribution in [0.5, 0.6) is 5.75 Å². The van der Waals surface area contributed by atoms with Crippen LogP contribution in [0, 0.1) is 6.92 Å². The predicted octanol–water partition coefficient (Wildman–Crippen LogP) is 1.89. The monoisotopic (exact) mass is 266 g/mol. The summed E-state index contributed by atoms with van der Waals surface area (Å²) in [6.45, 7) is 2.36. The Kier molecular flexibility index (Phi) is 5.58. The lowest BCUT2D eigenvalue weighted by Crippen LogP contribution is -2.24. The third kappa shape index (κ3) is 4.71. The molecule has 18 heavy (non-hydrogen) atoms. The van der Waals surface area contributed by atoms with Gasteiger partial charge < -0.3 is 16.2 Å². The molecule has 0 aliphatic carbocycles. The summed E-state index contributed by atoms with van der Waals surface area (Å²) >= 11 is 4.77. The van der Waals surface area contributed by atoms with E-state index in [1.165, 1.54) is 6.07 Å². The molecule has 0 heterocycles. The third-order valence-electron chi connectivity index (χ3n) is 2.59. The van der Waals surface area contributed by atoms with Crippen LogP contribution in [-0.2, 0) is 0 Å². The van der Waals surface area contributed by atoms with Gasteiger partial charge in [0.05, 0.1) is 4.99 Å². The second-order valence-electron chi connectivity index (χ2n) is 4.18. The maximum atomic E-state index is 11.8. The van der Waals surface area contributed by atoms with Gasteiger partial charge in [0.2, 0.25) is 0 Å². The highest BCUT2D eigenvalue weighted by Crippen LogP contribution is 2.16. The zero-order valence-corrected chi connectivity index (χ0v) is 11.2. The number of phenols is 1. The van der Waals surface area contributed by atoms with Crippen LogP contribution in [0.3, 0.4) is 0 Å². The summed E-state index contributed by atoms with van der Waals surface area (Å²) in [6.07, 6.45) is 2.44. The number of benzene rings is 1. The largest absolute Gasteiger partial charge is 0.508 e. The number of carbonyl (C=O) groups excluding carboxylic acids is 1. The first-order chi connectivity index (χ1) is 8.50. The topological polar surface area (TPSA) is 75.4 Å². The smallest absolute Gasteiger partial charge is 0.251 e. The zero-order valence-electron chi connectivity index (χ0n) is 10.4. The molecule has 0 atom stereocenters. The van der Waals surface area contributed by atoms with Crippen molar-refractivity contribution in [3.63, 3.8) is 0 Å². The van der Waals surface area contributed by atoms with E-state index in [-0.39, 0.29) is 11.7 Å². The van der Waals surface area contributed by atoms with Crippen molar-refractivity contribution in [3.8, 4) is 5.75 Å². The van der Waals surface area contributed by atoms with Crippen molar-refractivity contribution in [1.29, 1.82) is 0 Å². The second-order valence-corrected chi connectivity index (χ2v) is 4.70. The molecule has 0 aliphatic heterocycles. The number of nitrogens with one attached hydrogen (secondary N) is 1. The summed E-state index contributed by atoms with van der Waals surface area (Å²) in [5.74, 6) is 0.0661. The van der Waals surface area contributed by atoms with E-state index in [0.29, 0.717) is 29.1 Å². The summed E-state index contributed by atoms with van der Waals surface area (Å²) in [6, 6.07) is 4.80. The molecule has 0 saturated heterocycles. The Morgan fingerprint density at radius 3 is 2.78 bits per heavy atom. The lowest BCUT2D eigenvalue weighted by molar-refractivity contribution is 0.0953. The molecule has 0 radical (unpaired) electrons. The molecule has 0 saturated carbocycles. The van der Waals surface area contributed by atoms with Gasteiger partial charge in [-0.05, 0) is 49.9 Å². The molecular weight excluding hydrogens is 248 g/mol. The lowest BCUT2D eigenvalue weighted by Gasteiger charge is -2.06. The number of amides is 1. The number of nitrogens with two attached hydrogens (primary N) is 1. The number of aryl methyl sites for hydroxylation is 1. The number of thiocarbonyl (C=S) groups is 1. The van der Waals surface area contributed by atoms with Crippen molar-refractivity contribution in [2.24, 2.45) is 5.73 Å². The van der Waals surface area contributed by atoms with Gasteiger partial charge in [-0.2, -0.15) is 0 Å². The SMILES string of the molecule is Cc1cc(C(=O)NCCCCC(N)=S)ccc1O. The minimum atomic E-state index is -0.131. The van der Waals surface area contributed by atoms with Gasteiger partial charge in [-0.15, -0.1) is 0 Å². The van der Waals surface area contributed by atoms with Gasteiger partial charge in [0.1, 0.15) is 5.75 Å². The number of hydrogen-bond acceptors (Lipinski definition) is 3. The average Bonchev–Trinajstić information content (AvgIpc) is 2.31. The molecule has 4 nitrogen and oxygen atoms in total. The van der Waals surface area contributed by atoms with Crippen molar-refractivity contribution in [2.75, 3.05) is 6.54 Å². The highest BCUT2D eigenvalue weighted by atomic mass is 32.1. The number of aromatic hydroxyl groups is 1. The highest BCUT2D eigenvalue weighted by molar-refractivity contribution is 7.80. The molecule has 0 aromatic heterocycles. The van der Waals surface area contributed by atoms with E-state index in [0.717, 1.165) is 12.8 Å². The Hall–Kier alpha value is -1.62. The second kappa shape index (κ2) is 6.96. The number of hydrogen-bond donors (Lipinski definition) is 3. The van der Waals surface area contributed by atoms with E-state index in [9.17, 15) is 9.90 Å². The van der Waals surface area contributed by atoms with Crippen LogP contribution >= 0.6 is 12.2 Å². The van der Waals surface area contributed by atoms with Crippen molar-refractivity contribution < 1.29 is 9.90 Å².